The fourth-order valence-electron chi connectivity index (χ4n) is 1.92. The third-order valence-electron chi connectivity index (χ3n) is 2.86. The second-order valence-electron chi connectivity index (χ2n) is 5.03. The number of aliphatic hydroxyl groups excluding tert-OH is 1. The molecule has 6 heteroatoms. The average Bonchev–Trinajstić information content (AvgIpc) is 2.45. The second kappa shape index (κ2) is 10.3. The van der Waals surface area contributed by atoms with Crippen molar-refractivity contribution in [2.45, 2.75) is 25.9 Å². The molecular weight excluding hydrogens is 304 g/mol. The molecule has 0 aliphatic carbocycles. The fraction of sp³-hybridized carbons (Fsp3) is 0.600. The Morgan fingerprint density at radius 3 is 2.67 bits per heavy atom. The predicted molar refractivity (Wildman–Crippen MR) is 93.6 cm³/mol. The van der Waals surface area contributed by atoms with Crippen molar-refractivity contribution in [1.29, 1.82) is 0 Å². The molecule has 0 aliphatic rings. The molecule has 0 aliphatic heterocycles. The summed E-state index contributed by atoms with van der Waals surface area (Å²) in [6, 6.07) is 5.91. The van der Waals surface area contributed by atoms with Crippen molar-refractivity contribution in [2.75, 3.05) is 33.1 Å². The van der Waals surface area contributed by atoms with Gasteiger partial charge in [-0.3, -0.25) is 5.09 Å². The van der Waals surface area contributed by atoms with Crippen LogP contribution in [0.5, 0.6) is 11.5 Å². The Hall–Kier alpha value is -0.400. The molecule has 1 rings (SSSR count). The molecule has 1 aromatic carbocycles. The first-order chi connectivity index (χ1) is 10.1. The summed E-state index contributed by atoms with van der Waals surface area (Å²) >= 11 is 0. The van der Waals surface area contributed by atoms with Gasteiger partial charge in [0.2, 0.25) is 0 Å². The molecule has 1 aromatic rings. The lowest BCUT2D eigenvalue weighted by atomic mass is 10.1. The number of hydrogen-bond acceptors (Lipinski definition) is 4. The largest absolute Gasteiger partial charge is 0.488 e. The summed E-state index contributed by atoms with van der Waals surface area (Å²) in [5.74, 6) is 1.73. The average molecular weight is 331 g/mol. The maximum absolute atomic E-state index is 9.19. The van der Waals surface area contributed by atoms with Crippen LogP contribution in [-0.2, 0) is 6.42 Å². The highest BCUT2D eigenvalue weighted by Crippen LogP contribution is 2.37. The number of benzene rings is 1. The van der Waals surface area contributed by atoms with Crippen LogP contribution in [0.3, 0.4) is 0 Å². The van der Waals surface area contributed by atoms with Crippen LogP contribution in [0.2, 0.25) is 0 Å². The first-order valence-corrected chi connectivity index (χ1v) is 10.9. The van der Waals surface area contributed by atoms with Crippen molar-refractivity contribution >= 4 is 16.9 Å². The SMILES string of the molecule is CPNCCCc1c(O[C@H](C)CO)cccc1OP(C)C. The Kier molecular flexibility index (Phi) is 9.19. The van der Waals surface area contributed by atoms with E-state index >= 15 is 0 Å². The number of hydrogen-bond donors (Lipinski definition) is 2. The summed E-state index contributed by atoms with van der Waals surface area (Å²) in [5.41, 5.74) is 1.11. The first kappa shape index (κ1) is 18.6. The van der Waals surface area contributed by atoms with Crippen LogP contribution in [0.1, 0.15) is 18.9 Å². The van der Waals surface area contributed by atoms with Gasteiger partial charge in [0.1, 0.15) is 17.6 Å². The topological polar surface area (TPSA) is 50.7 Å². The molecule has 0 radical (unpaired) electrons. The molecule has 0 spiro atoms. The van der Waals surface area contributed by atoms with Crippen LogP contribution >= 0.6 is 16.9 Å². The van der Waals surface area contributed by atoms with E-state index in [2.05, 4.69) is 25.1 Å². The molecule has 0 aromatic heterocycles. The van der Waals surface area contributed by atoms with Crippen molar-refractivity contribution in [1.82, 2.24) is 5.09 Å². The minimum Gasteiger partial charge on any atom is -0.488 e. The molecule has 0 amide bonds. The Labute approximate surface area is 131 Å². The van der Waals surface area contributed by atoms with Gasteiger partial charge >= 0.3 is 0 Å². The fourth-order valence-corrected chi connectivity index (χ4v) is 2.91. The maximum atomic E-state index is 9.19. The van der Waals surface area contributed by atoms with Gasteiger partial charge in [0, 0.05) is 5.56 Å². The zero-order valence-electron chi connectivity index (χ0n) is 13.3. The van der Waals surface area contributed by atoms with E-state index in [0.717, 1.165) is 45.2 Å². The molecule has 1 unspecified atom stereocenters. The lowest BCUT2D eigenvalue weighted by Crippen LogP contribution is -2.17. The van der Waals surface area contributed by atoms with Crippen molar-refractivity contribution in [2.24, 2.45) is 0 Å². The number of nitrogens with one attached hydrogen (secondary N) is 1. The van der Waals surface area contributed by atoms with Crippen LogP contribution < -0.4 is 14.3 Å². The zero-order valence-corrected chi connectivity index (χ0v) is 15.2. The summed E-state index contributed by atoms with van der Waals surface area (Å²) < 4.78 is 11.8. The highest BCUT2D eigenvalue weighted by molar-refractivity contribution is 7.51. The normalized spacial score (nSPS) is 13.0. The van der Waals surface area contributed by atoms with Crippen molar-refractivity contribution < 1.29 is 14.4 Å². The van der Waals surface area contributed by atoms with Crippen molar-refractivity contribution in [3.05, 3.63) is 23.8 Å². The smallest absolute Gasteiger partial charge is 0.130 e. The Morgan fingerprint density at radius 1 is 1.33 bits per heavy atom. The molecule has 120 valence electrons. The van der Waals surface area contributed by atoms with Crippen LogP contribution in [0.4, 0.5) is 0 Å². The molecule has 2 N–H and O–H groups in total. The monoisotopic (exact) mass is 331 g/mol. The summed E-state index contributed by atoms with van der Waals surface area (Å²) in [6.07, 6.45) is 1.74. The molecule has 21 heavy (non-hydrogen) atoms. The van der Waals surface area contributed by atoms with Gasteiger partial charge in [-0.25, -0.2) is 0 Å². The van der Waals surface area contributed by atoms with Gasteiger partial charge in [-0.1, -0.05) is 14.8 Å². The quantitative estimate of drug-likeness (QED) is 0.510. The third kappa shape index (κ3) is 6.93. The minimum atomic E-state index is -0.470. The zero-order chi connectivity index (χ0) is 15.7. The predicted octanol–water partition coefficient (Wildman–Crippen LogP) is 3.23. The highest BCUT2D eigenvalue weighted by Gasteiger charge is 2.14. The Balaban J connectivity index is 2.88. The van der Waals surface area contributed by atoms with Crippen molar-refractivity contribution in [3.8, 4) is 11.5 Å². The van der Waals surface area contributed by atoms with Crippen LogP contribution in [-0.4, -0.2) is 44.4 Å². The van der Waals surface area contributed by atoms with Gasteiger partial charge < -0.3 is 14.4 Å². The number of ether oxygens (including phenoxy) is 1. The lowest BCUT2D eigenvalue weighted by Gasteiger charge is -2.20. The van der Waals surface area contributed by atoms with Gasteiger partial charge in [0.15, 0.2) is 0 Å². The van der Waals surface area contributed by atoms with Gasteiger partial charge in [0.05, 0.1) is 14.8 Å². The minimum absolute atomic E-state index is 0.0112. The summed E-state index contributed by atoms with van der Waals surface area (Å²) in [7, 11) is 0.300. The molecule has 2 atom stereocenters. The van der Waals surface area contributed by atoms with Gasteiger partial charge in [0.25, 0.3) is 0 Å². The van der Waals surface area contributed by atoms with Gasteiger partial charge in [-0.2, -0.15) is 0 Å². The maximum Gasteiger partial charge on any atom is 0.130 e. The standard InChI is InChI=1S/C15H27NO3P2/c1-12(11-17)18-14-8-5-9-15(19-21(3)4)13(14)7-6-10-16-20-2/h5,8-9,12,16-17,20H,6-7,10-11H2,1-4H3/t12-/m1/s1. The molecule has 0 fully saturated rings. The van der Waals surface area contributed by atoms with E-state index < -0.39 is 8.15 Å². The second-order valence-corrected chi connectivity index (χ2v) is 7.69. The van der Waals surface area contributed by atoms with Crippen LogP contribution in [0.15, 0.2) is 18.2 Å². The summed E-state index contributed by atoms with van der Waals surface area (Å²) in [6.45, 7) is 9.17. The molecule has 0 saturated carbocycles. The molecule has 0 saturated heterocycles. The van der Waals surface area contributed by atoms with Crippen molar-refractivity contribution in [3.63, 3.8) is 0 Å². The summed E-state index contributed by atoms with van der Waals surface area (Å²) in [4.78, 5) is 0. The summed E-state index contributed by atoms with van der Waals surface area (Å²) in [5, 5.41) is 12.5. The number of rotatable bonds is 10. The van der Waals surface area contributed by atoms with Gasteiger partial charge in [-0.05, 0) is 58.4 Å². The van der Waals surface area contributed by atoms with E-state index in [1.165, 1.54) is 0 Å². The van der Waals surface area contributed by atoms with E-state index in [1.54, 1.807) is 0 Å². The van der Waals surface area contributed by atoms with Crippen LogP contribution in [0, 0.1) is 0 Å². The van der Waals surface area contributed by atoms with E-state index in [0.29, 0.717) is 0 Å². The van der Waals surface area contributed by atoms with E-state index in [1.807, 2.05) is 25.1 Å². The van der Waals surface area contributed by atoms with E-state index in [9.17, 15) is 5.11 Å². The lowest BCUT2D eigenvalue weighted by molar-refractivity contribution is 0.128. The van der Waals surface area contributed by atoms with Crippen LogP contribution in [0.25, 0.3) is 0 Å². The molecule has 0 bridgehead atoms. The molecule has 4 nitrogen and oxygen atoms in total. The van der Waals surface area contributed by atoms with Gasteiger partial charge in [-0.15, -0.1) is 0 Å². The first-order valence-electron chi connectivity index (χ1n) is 7.22. The molecule has 0 heterocycles. The highest BCUT2D eigenvalue weighted by atomic mass is 31.1. The molecular formula is C15H27NO3P2. The number of aliphatic hydroxyl groups is 1. The Bertz CT molecular complexity index is 416. The van der Waals surface area contributed by atoms with E-state index in [4.69, 9.17) is 9.26 Å². The van der Waals surface area contributed by atoms with E-state index in [-0.39, 0.29) is 12.7 Å². The third-order valence-corrected chi connectivity index (χ3v) is 4.03. The Morgan fingerprint density at radius 2 is 2.05 bits per heavy atom.